The fourth-order valence-corrected chi connectivity index (χ4v) is 1.41. The second-order valence-electron chi connectivity index (χ2n) is 3.23. The van der Waals surface area contributed by atoms with E-state index in [1.165, 1.54) is 0 Å². The molecular formula is C9H10BrN3O5-2. The maximum atomic E-state index is 11.6. The fraction of sp³-hybridized carbons (Fsp3) is 0.222. The molecule has 0 fully saturated rings. The zero-order valence-corrected chi connectivity index (χ0v) is 10.6. The molecule has 0 heterocycles. The van der Waals surface area contributed by atoms with E-state index in [0.717, 1.165) is 18.2 Å². The van der Waals surface area contributed by atoms with Gasteiger partial charge in [-0.2, -0.15) is 0 Å². The molecule has 0 atom stereocenters. The van der Waals surface area contributed by atoms with Crippen LogP contribution in [0.5, 0.6) is 0 Å². The second kappa shape index (κ2) is 6.52. The van der Waals surface area contributed by atoms with E-state index in [0.29, 0.717) is 11.9 Å². The molecule has 0 aliphatic heterocycles. The minimum atomic E-state index is -0.728. The average molecular weight is 320 g/mol. The van der Waals surface area contributed by atoms with E-state index in [2.05, 4.69) is 21.2 Å². The summed E-state index contributed by atoms with van der Waals surface area (Å²) in [7, 11) is 0. The van der Waals surface area contributed by atoms with Gasteiger partial charge in [0.15, 0.2) is 0 Å². The Balaban J connectivity index is 3.06. The first-order valence-corrected chi connectivity index (χ1v) is 5.89. The summed E-state index contributed by atoms with van der Waals surface area (Å²) in [6.07, 6.45) is 0. The number of benzene rings is 1. The first kappa shape index (κ1) is 14.7. The molecule has 8 nitrogen and oxygen atoms in total. The lowest BCUT2D eigenvalue weighted by Crippen LogP contribution is -2.25. The molecule has 1 aromatic carbocycles. The van der Waals surface area contributed by atoms with Crippen molar-refractivity contribution in [3.63, 3.8) is 0 Å². The van der Waals surface area contributed by atoms with Crippen LogP contribution in [0.15, 0.2) is 18.2 Å². The van der Waals surface area contributed by atoms with E-state index in [9.17, 15) is 15.2 Å². The molecule has 100 valence electrons. The van der Waals surface area contributed by atoms with Crippen molar-refractivity contribution in [3.05, 3.63) is 34.2 Å². The lowest BCUT2D eigenvalue weighted by atomic mass is 10.1. The Hall–Kier alpha value is -1.39. The van der Waals surface area contributed by atoms with Crippen molar-refractivity contribution in [2.45, 2.75) is 0 Å². The Labute approximate surface area is 111 Å². The van der Waals surface area contributed by atoms with Gasteiger partial charge in [-0.15, -0.1) is 5.23 Å². The van der Waals surface area contributed by atoms with Crippen LogP contribution in [0, 0.1) is 10.4 Å². The number of alkyl halides is 1. The number of halogens is 1. The molecule has 0 aromatic heterocycles. The van der Waals surface area contributed by atoms with Gasteiger partial charge >= 0.3 is 0 Å². The van der Waals surface area contributed by atoms with Crippen molar-refractivity contribution < 1.29 is 15.2 Å². The van der Waals surface area contributed by atoms with Gasteiger partial charge in [0.05, 0.1) is 5.69 Å². The largest absolute Gasteiger partial charge is 0.769 e. The van der Waals surface area contributed by atoms with Gasteiger partial charge < -0.3 is 21.0 Å². The monoisotopic (exact) mass is 319 g/mol. The molecule has 9 heteroatoms. The van der Waals surface area contributed by atoms with Crippen LogP contribution in [0.3, 0.4) is 0 Å². The predicted octanol–water partition coefficient (Wildman–Crippen LogP) is 1.20. The molecule has 0 aliphatic carbocycles. The Morgan fingerprint density at radius 1 is 1.28 bits per heavy atom. The van der Waals surface area contributed by atoms with E-state index in [-0.39, 0.29) is 16.5 Å². The Morgan fingerprint density at radius 2 is 1.89 bits per heavy atom. The molecule has 1 amide bonds. The van der Waals surface area contributed by atoms with E-state index >= 15 is 0 Å². The maximum Gasteiger partial charge on any atom is 0.251 e. The zero-order chi connectivity index (χ0) is 13.7. The van der Waals surface area contributed by atoms with Gasteiger partial charge in [-0.1, -0.05) is 15.9 Å². The lowest BCUT2D eigenvalue weighted by Gasteiger charge is -2.38. The van der Waals surface area contributed by atoms with E-state index in [1.807, 2.05) is 0 Å². The summed E-state index contributed by atoms with van der Waals surface area (Å²) >= 11 is 3.11. The lowest BCUT2D eigenvalue weighted by molar-refractivity contribution is 0.0291. The van der Waals surface area contributed by atoms with Crippen molar-refractivity contribution in [3.8, 4) is 0 Å². The smallest absolute Gasteiger partial charge is 0.251 e. The third-order valence-electron chi connectivity index (χ3n) is 1.99. The van der Waals surface area contributed by atoms with Crippen molar-refractivity contribution in [1.29, 1.82) is 0 Å². The topological polar surface area (TPSA) is 122 Å². The highest BCUT2D eigenvalue weighted by Crippen LogP contribution is 2.23. The molecule has 0 saturated heterocycles. The summed E-state index contributed by atoms with van der Waals surface area (Å²) < 4.78 is 0. The van der Waals surface area contributed by atoms with Crippen LogP contribution in [-0.4, -0.2) is 28.2 Å². The molecule has 0 radical (unpaired) electrons. The van der Waals surface area contributed by atoms with Gasteiger partial charge in [-0.3, -0.25) is 15.2 Å². The predicted molar refractivity (Wildman–Crippen MR) is 67.8 cm³/mol. The third-order valence-corrected chi connectivity index (χ3v) is 2.38. The minimum Gasteiger partial charge on any atom is -0.769 e. The van der Waals surface area contributed by atoms with Gasteiger partial charge in [0.1, 0.15) is 0 Å². The molecule has 0 spiro atoms. The van der Waals surface area contributed by atoms with Crippen LogP contribution in [0.25, 0.3) is 0 Å². The maximum absolute atomic E-state index is 11.6. The minimum absolute atomic E-state index is 0.0340. The molecular weight excluding hydrogens is 310 g/mol. The number of hydrogen-bond donors (Lipinski definition) is 3. The average Bonchev–Trinajstić information content (AvgIpc) is 2.35. The molecule has 0 saturated carbocycles. The number of hydrogen-bond acceptors (Lipinski definition) is 7. The van der Waals surface area contributed by atoms with Crippen molar-refractivity contribution in [2.75, 3.05) is 22.3 Å². The number of anilines is 2. The quantitative estimate of drug-likeness (QED) is 0.550. The first-order chi connectivity index (χ1) is 8.45. The van der Waals surface area contributed by atoms with Crippen molar-refractivity contribution in [1.82, 2.24) is 5.32 Å². The van der Waals surface area contributed by atoms with Gasteiger partial charge in [0.25, 0.3) is 5.91 Å². The number of carbonyl (C=O) groups is 1. The van der Waals surface area contributed by atoms with E-state index in [4.69, 9.17) is 10.4 Å². The zero-order valence-electron chi connectivity index (χ0n) is 9.04. The normalized spacial score (nSPS) is 10.1. The summed E-state index contributed by atoms with van der Waals surface area (Å²) in [6.45, 7) is 0.346. The highest BCUT2D eigenvalue weighted by atomic mass is 79.9. The molecule has 0 bridgehead atoms. The van der Waals surface area contributed by atoms with Crippen LogP contribution in [0.2, 0.25) is 0 Å². The summed E-state index contributed by atoms with van der Waals surface area (Å²) in [5.41, 5.74) is -0.717. The van der Waals surface area contributed by atoms with E-state index < -0.39 is 16.8 Å². The highest BCUT2D eigenvalue weighted by molar-refractivity contribution is 9.09. The summed E-state index contributed by atoms with van der Waals surface area (Å²) in [6, 6.07) is 3.11. The number of rotatable bonds is 5. The standard InChI is InChI=1S/C9H10BrN3O5/c10-1-2-11-9(14)6-3-7(12(15)16)5-8(4-6)13(17)18/h3-5,15-16H,1-2H2,(H,11,14)/q-2. The highest BCUT2D eigenvalue weighted by Gasteiger charge is 2.10. The van der Waals surface area contributed by atoms with Crippen LogP contribution in [-0.2, 0) is 0 Å². The van der Waals surface area contributed by atoms with Crippen LogP contribution in [0.4, 0.5) is 11.4 Å². The van der Waals surface area contributed by atoms with Gasteiger partial charge in [-0.05, 0) is 18.2 Å². The number of amides is 1. The van der Waals surface area contributed by atoms with E-state index in [1.54, 1.807) is 0 Å². The second-order valence-corrected chi connectivity index (χ2v) is 4.02. The molecule has 18 heavy (non-hydrogen) atoms. The Kier molecular flexibility index (Phi) is 5.31. The molecule has 3 N–H and O–H groups in total. The van der Waals surface area contributed by atoms with Crippen LogP contribution >= 0.6 is 15.9 Å². The van der Waals surface area contributed by atoms with Gasteiger partial charge in [-0.25, -0.2) is 0 Å². The molecule has 0 unspecified atom stereocenters. The summed E-state index contributed by atoms with van der Waals surface area (Å²) in [5.74, 6) is -0.541. The Bertz CT molecular complexity index is 400. The Morgan fingerprint density at radius 3 is 2.39 bits per heavy atom. The van der Waals surface area contributed by atoms with Crippen LogP contribution < -0.4 is 15.8 Å². The fourth-order valence-electron chi connectivity index (χ4n) is 1.21. The molecule has 1 aromatic rings. The van der Waals surface area contributed by atoms with Crippen molar-refractivity contribution in [2.24, 2.45) is 0 Å². The van der Waals surface area contributed by atoms with Crippen LogP contribution in [0.1, 0.15) is 10.4 Å². The SMILES string of the molecule is O=C(NCCBr)c1cc(N([O-])[O-])cc(N(O)O)c1. The summed E-state index contributed by atoms with van der Waals surface area (Å²) in [5, 5.41) is 41.0. The van der Waals surface area contributed by atoms with Gasteiger partial charge in [0, 0.05) is 23.1 Å². The number of nitrogens with zero attached hydrogens (tertiary/aromatic N) is 2. The third kappa shape index (κ3) is 3.82. The molecule has 0 aliphatic rings. The number of carbonyl (C=O) groups excluding carboxylic acids is 1. The summed E-state index contributed by atoms with van der Waals surface area (Å²) in [4.78, 5) is 11.6. The first-order valence-electron chi connectivity index (χ1n) is 4.77. The van der Waals surface area contributed by atoms with Crippen molar-refractivity contribution >= 4 is 33.2 Å². The van der Waals surface area contributed by atoms with Gasteiger partial charge in [0.2, 0.25) is 0 Å². The molecule has 1 rings (SSSR count). The number of nitrogens with one attached hydrogen (secondary N) is 1.